The first-order valence-electron chi connectivity index (χ1n) is 5.49. The molecule has 0 aromatic heterocycles. The summed E-state index contributed by atoms with van der Waals surface area (Å²) in [6, 6.07) is 9.14. The molecule has 0 bridgehead atoms. The monoisotopic (exact) mass is 245 g/mol. The number of rotatable bonds is 3. The van der Waals surface area contributed by atoms with Crippen molar-refractivity contribution in [2.75, 3.05) is 14.2 Å². The number of nitrogens with zero attached hydrogens (tertiary/aromatic N) is 1. The fourth-order valence-electron chi connectivity index (χ4n) is 1.24. The van der Waals surface area contributed by atoms with Crippen molar-refractivity contribution in [3.05, 3.63) is 35.9 Å². The lowest BCUT2D eigenvalue weighted by Gasteiger charge is -2.16. The number of carbonyl (C=O) groups is 2. The minimum atomic E-state index is -0.828. The highest BCUT2D eigenvalue weighted by molar-refractivity contribution is 6.09. The maximum Gasteiger partial charge on any atom is 0.257 e. The van der Waals surface area contributed by atoms with Crippen molar-refractivity contribution in [2.45, 2.75) is 6.92 Å². The van der Waals surface area contributed by atoms with Gasteiger partial charge in [-0.25, -0.2) is 5.06 Å². The van der Waals surface area contributed by atoms with Crippen LogP contribution in [-0.4, -0.2) is 30.9 Å². The van der Waals surface area contributed by atoms with Crippen molar-refractivity contribution in [1.82, 2.24) is 5.06 Å². The van der Waals surface area contributed by atoms with E-state index in [4.69, 9.17) is 4.84 Å². The molecule has 0 saturated carbocycles. The summed E-state index contributed by atoms with van der Waals surface area (Å²) in [5, 5.41) is 1.02. The van der Waals surface area contributed by atoms with Gasteiger partial charge in [0.2, 0.25) is 5.78 Å². The Morgan fingerprint density at radius 1 is 1.28 bits per heavy atom. The van der Waals surface area contributed by atoms with Gasteiger partial charge >= 0.3 is 0 Å². The lowest BCUT2D eigenvalue weighted by atomic mass is 10.1. The van der Waals surface area contributed by atoms with Gasteiger partial charge in [-0.3, -0.25) is 14.4 Å². The maximum absolute atomic E-state index is 11.7. The molecule has 1 amide bonds. The maximum atomic E-state index is 11.7. The fraction of sp³-hybridized carbons (Fsp3) is 0.286. The SMILES string of the molecule is CON(C)C(=O)C(C)C(=O)C#Cc1ccccc1. The molecule has 94 valence electrons. The number of carbonyl (C=O) groups excluding carboxylic acids is 2. The van der Waals surface area contributed by atoms with Crippen molar-refractivity contribution >= 4 is 11.7 Å². The van der Waals surface area contributed by atoms with Gasteiger partial charge in [0.05, 0.1) is 7.11 Å². The van der Waals surface area contributed by atoms with Crippen LogP contribution in [0.3, 0.4) is 0 Å². The van der Waals surface area contributed by atoms with Crippen molar-refractivity contribution in [3.8, 4) is 11.8 Å². The molecule has 0 N–H and O–H groups in total. The highest BCUT2D eigenvalue weighted by Crippen LogP contribution is 2.02. The number of hydrogen-bond donors (Lipinski definition) is 0. The van der Waals surface area contributed by atoms with Gasteiger partial charge in [0.15, 0.2) is 0 Å². The van der Waals surface area contributed by atoms with Gasteiger partial charge in [0, 0.05) is 12.6 Å². The van der Waals surface area contributed by atoms with Gasteiger partial charge in [-0.1, -0.05) is 24.1 Å². The molecule has 0 heterocycles. The van der Waals surface area contributed by atoms with E-state index in [-0.39, 0.29) is 0 Å². The summed E-state index contributed by atoms with van der Waals surface area (Å²) in [5.74, 6) is 3.53. The minimum Gasteiger partial charge on any atom is -0.284 e. The first-order valence-corrected chi connectivity index (χ1v) is 5.49. The van der Waals surface area contributed by atoms with Crippen molar-refractivity contribution < 1.29 is 14.4 Å². The Morgan fingerprint density at radius 2 is 1.89 bits per heavy atom. The molecule has 18 heavy (non-hydrogen) atoms. The van der Waals surface area contributed by atoms with Crippen LogP contribution in [0.1, 0.15) is 12.5 Å². The Balaban J connectivity index is 2.72. The lowest BCUT2D eigenvalue weighted by Crippen LogP contribution is -2.34. The molecule has 1 atom stereocenters. The Labute approximate surface area is 107 Å². The largest absolute Gasteiger partial charge is 0.284 e. The summed E-state index contributed by atoms with van der Waals surface area (Å²) in [7, 11) is 2.82. The predicted molar refractivity (Wildman–Crippen MR) is 67.3 cm³/mol. The summed E-state index contributed by atoms with van der Waals surface area (Å²) >= 11 is 0. The van der Waals surface area contributed by atoms with Crippen LogP contribution in [0.5, 0.6) is 0 Å². The third kappa shape index (κ3) is 3.72. The van der Waals surface area contributed by atoms with Crippen LogP contribution in [0.25, 0.3) is 0 Å². The van der Waals surface area contributed by atoms with Gasteiger partial charge in [0.25, 0.3) is 5.91 Å². The van der Waals surface area contributed by atoms with Gasteiger partial charge in [-0.05, 0) is 25.0 Å². The van der Waals surface area contributed by atoms with Crippen molar-refractivity contribution in [1.29, 1.82) is 0 Å². The quantitative estimate of drug-likeness (QED) is 0.457. The normalized spacial score (nSPS) is 11.1. The Bertz CT molecular complexity index is 485. The molecule has 0 aliphatic rings. The van der Waals surface area contributed by atoms with E-state index in [2.05, 4.69) is 11.8 Å². The van der Waals surface area contributed by atoms with Gasteiger partial charge in [0.1, 0.15) is 5.92 Å². The molecule has 0 spiro atoms. The summed E-state index contributed by atoms with van der Waals surface area (Å²) in [5.41, 5.74) is 0.741. The van der Waals surface area contributed by atoms with Crippen LogP contribution in [0.4, 0.5) is 0 Å². The van der Waals surface area contributed by atoms with E-state index in [1.54, 1.807) is 12.1 Å². The second-order valence-electron chi connectivity index (χ2n) is 3.72. The van der Waals surface area contributed by atoms with Crippen LogP contribution in [0, 0.1) is 17.8 Å². The Hall–Kier alpha value is -2.12. The first kappa shape index (κ1) is 13.9. The van der Waals surface area contributed by atoms with Crippen molar-refractivity contribution in [3.63, 3.8) is 0 Å². The number of benzene rings is 1. The zero-order valence-electron chi connectivity index (χ0n) is 10.6. The summed E-state index contributed by atoms with van der Waals surface area (Å²) in [4.78, 5) is 28.1. The van der Waals surface area contributed by atoms with E-state index in [0.717, 1.165) is 10.6 Å². The molecule has 4 nitrogen and oxygen atoms in total. The molecule has 0 aliphatic heterocycles. The lowest BCUT2D eigenvalue weighted by molar-refractivity contribution is -0.173. The molecule has 1 rings (SSSR count). The molecule has 1 aromatic carbocycles. The fourth-order valence-corrected chi connectivity index (χ4v) is 1.24. The number of Topliss-reactive ketones (excluding diaryl/α,β-unsaturated/α-hetero) is 1. The molecule has 0 aliphatic carbocycles. The van der Waals surface area contributed by atoms with E-state index in [0.29, 0.717) is 0 Å². The third-order valence-electron chi connectivity index (χ3n) is 2.45. The van der Waals surface area contributed by atoms with E-state index < -0.39 is 17.6 Å². The number of hydrogen-bond acceptors (Lipinski definition) is 3. The summed E-state index contributed by atoms with van der Waals surface area (Å²) in [6.07, 6.45) is 0. The molecule has 1 aromatic rings. The predicted octanol–water partition coefficient (Wildman–Crippen LogP) is 1.26. The summed E-state index contributed by atoms with van der Waals surface area (Å²) < 4.78 is 0. The Morgan fingerprint density at radius 3 is 2.44 bits per heavy atom. The molecule has 1 unspecified atom stereocenters. The Kier molecular flexibility index (Phi) is 5.09. The first-order chi connectivity index (χ1) is 8.56. The van der Waals surface area contributed by atoms with Gasteiger partial charge in [-0.15, -0.1) is 0 Å². The number of hydroxylamine groups is 2. The second kappa shape index (κ2) is 6.58. The van der Waals surface area contributed by atoms with Crippen LogP contribution in [-0.2, 0) is 14.4 Å². The molecular weight excluding hydrogens is 230 g/mol. The van der Waals surface area contributed by atoms with Crippen LogP contribution in [0.2, 0.25) is 0 Å². The second-order valence-corrected chi connectivity index (χ2v) is 3.72. The van der Waals surface area contributed by atoms with E-state index in [1.807, 2.05) is 18.2 Å². The van der Waals surface area contributed by atoms with Crippen LogP contribution >= 0.6 is 0 Å². The smallest absolute Gasteiger partial charge is 0.257 e. The summed E-state index contributed by atoms with van der Waals surface area (Å²) in [6.45, 7) is 1.51. The average molecular weight is 245 g/mol. The van der Waals surface area contributed by atoms with E-state index in [1.165, 1.54) is 21.1 Å². The standard InChI is InChI=1S/C14H15NO3/c1-11(14(17)15(2)18-3)13(16)10-9-12-7-5-4-6-8-12/h4-8,11H,1-3H3. The number of amides is 1. The highest BCUT2D eigenvalue weighted by Gasteiger charge is 2.23. The molecular formula is C14H15NO3. The zero-order chi connectivity index (χ0) is 13.5. The molecule has 0 saturated heterocycles. The number of ketones is 1. The van der Waals surface area contributed by atoms with Gasteiger partial charge < -0.3 is 0 Å². The van der Waals surface area contributed by atoms with Crippen LogP contribution < -0.4 is 0 Å². The highest BCUT2D eigenvalue weighted by atomic mass is 16.7. The third-order valence-corrected chi connectivity index (χ3v) is 2.45. The van der Waals surface area contributed by atoms with E-state index in [9.17, 15) is 9.59 Å². The molecule has 4 heteroatoms. The molecule has 0 fully saturated rings. The topological polar surface area (TPSA) is 46.6 Å². The minimum absolute atomic E-state index is 0.412. The van der Waals surface area contributed by atoms with Crippen molar-refractivity contribution in [2.24, 2.45) is 5.92 Å². The molecule has 0 radical (unpaired) electrons. The van der Waals surface area contributed by atoms with E-state index >= 15 is 0 Å². The average Bonchev–Trinajstić information content (AvgIpc) is 2.43. The zero-order valence-corrected chi connectivity index (χ0v) is 10.6. The van der Waals surface area contributed by atoms with Crippen LogP contribution in [0.15, 0.2) is 30.3 Å². The van der Waals surface area contributed by atoms with Gasteiger partial charge in [-0.2, -0.15) is 0 Å².